The van der Waals surface area contributed by atoms with Gasteiger partial charge in [-0.2, -0.15) is 0 Å². The van der Waals surface area contributed by atoms with Gasteiger partial charge in [0.25, 0.3) is 5.91 Å². The minimum Gasteiger partial charge on any atom is -0.496 e. The van der Waals surface area contributed by atoms with E-state index in [9.17, 15) is 9.59 Å². The van der Waals surface area contributed by atoms with Gasteiger partial charge in [-0.1, -0.05) is 65.7 Å². The number of nitrogens with zero attached hydrogens (tertiary/aromatic N) is 2. The van der Waals surface area contributed by atoms with Crippen molar-refractivity contribution in [3.63, 3.8) is 0 Å². The average Bonchev–Trinajstić information content (AvgIpc) is 3.31. The molecule has 0 bridgehead atoms. The third-order valence-corrected chi connectivity index (χ3v) is 6.35. The lowest BCUT2D eigenvalue weighted by molar-refractivity contribution is -0.126. The molecule has 0 radical (unpaired) electrons. The van der Waals surface area contributed by atoms with Crippen molar-refractivity contribution in [3.05, 3.63) is 88.4 Å². The number of methoxy groups -OCH3 is 1. The Morgan fingerprint density at radius 3 is 2.19 bits per heavy atom. The van der Waals surface area contributed by atoms with Crippen molar-refractivity contribution >= 4 is 46.4 Å². The fourth-order valence-corrected chi connectivity index (χ4v) is 4.93. The van der Waals surface area contributed by atoms with Crippen LogP contribution in [0.15, 0.2) is 72.8 Å². The minimum absolute atomic E-state index is 0.175. The Labute approximate surface area is 194 Å². The highest BCUT2D eigenvalue weighted by Crippen LogP contribution is 2.50. The fraction of sp³-hybridized carbons (Fsp3) is 0.167. The summed E-state index contributed by atoms with van der Waals surface area (Å²) in [4.78, 5) is 34.3. The monoisotopic (exact) mass is 468 g/mol. The summed E-state index contributed by atoms with van der Waals surface area (Å²) in [5.74, 6) is -1.15. The number of anilines is 2. The molecule has 0 aromatic heterocycles. The number of carbonyl (C=O) groups is 2. The second kappa shape index (κ2) is 8.13. The molecular formula is C24H18Cl2N2O4. The molecule has 3 atom stereocenters. The maximum atomic E-state index is 13.7. The van der Waals surface area contributed by atoms with Gasteiger partial charge in [-0.05, 0) is 30.3 Å². The Bertz CT molecular complexity index is 1180. The van der Waals surface area contributed by atoms with Crippen molar-refractivity contribution in [2.75, 3.05) is 17.1 Å². The minimum atomic E-state index is -1.02. The molecule has 6 nitrogen and oxygen atoms in total. The number of hydrogen-bond donors (Lipinski definition) is 0. The van der Waals surface area contributed by atoms with Crippen molar-refractivity contribution in [3.8, 4) is 5.75 Å². The van der Waals surface area contributed by atoms with Gasteiger partial charge in [0.1, 0.15) is 11.7 Å². The van der Waals surface area contributed by atoms with Crippen molar-refractivity contribution < 1.29 is 19.2 Å². The van der Waals surface area contributed by atoms with E-state index in [0.29, 0.717) is 5.75 Å². The Morgan fingerprint density at radius 2 is 1.50 bits per heavy atom. The molecule has 162 valence electrons. The number of benzene rings is 3. The van der Waals surface area contributed by atoms with Crippen LogP contribution < -0.4 is 14.7 Å². The molecule has 0 spiro atoms. The second-order valence-electron chi connectivity index (χ2n) is 7.48. The molecule has 32 heavy (non-hydrogen) atoms. The Kier molecular flexibility index (Phi) is 5.29. The highest BCUT2D eigenvalue weighted by Gasteiger charge is 2.61. The molecule has 5 rings (SSSR count). The maximum absolute atomic E-state index is 13.7. The summed E-state index contributed by atoms with van der Waals surface area (Å²) >= 11 is 12.6. The average molecular weight is 469 g/mol. The molecule has 2 aliphatic heterocycles. The van der Waals surface area contributed by atoms with Crippen molar-refractivity contribution in [2.24, 2.45) is 5.92 Å². The van der Waals surface area contributed by atoms with Gasteiger partial charge < -0.3 is 4.74 Å². The predicted molar refractivity (Wildman–Crippen MR) is 122 cm³/mol. The van der Waals surface area contributed by atoms with Gasteiger partial charge in [-0.3, -0.25) is 14.4 Å². The molecule has 2 amide bonds. The topological polar surface area (TPSA) is 59.1 Å². The first kappa shape index (κ1) is 20.8. The van der Waals surface area contributed by atoms with E-state index >= 15 is 0 Å². The van der Waals surface area contributed by atoms with Crippen LogP contribution in [0.4, 0.5) is 11.4 Å². The van der Waals surface area contributed by atoms with Crippen LogP contribution in [0.2, 0.25) is 10.0 Å². The van der Waals surface area contributed by atoms with Crippen LogP contribution in [0.25, 0.3) is 0 Å². The van der Waals surface area contributed by atoms with E-state index in [0.717, 1.165) is 16.2 Å². The van der Waals surface area contributed by atoms with Crippen LogP contribution in [0, 0.1) is 5.92 Å². The summed E-state index contributed by atoms with van der Waals surface area (Å²) in [7, 11) is 1.57. The molecule has 2 saturated heterocycles. The zero-order chi connectivity index (χ0) is 22.4. The van der Waals surface area contributed by atoms with E-state index in [1.165, 1.54) is 0 Å². The first-order valence-corrected chi connectivity index (χ1v) is 10.7. The van der Waals surface area contributed by atoms with Crippen molar-refractivity contribution in [2.45, 2.75) is 12.1 Å². The number of rotatable bonds is 4. The van der Waals surface area contributed by atoms with Crippen molar-refractivity contribution in [1.82, 2.24) is 0 Å². The number of ether oxygens (including phenoxy) is 1. The molecule has 8 heteroatoms. The van der Waals surface area contributed by atoms with E-state index in [2.05, 4.69) is 0 Å². The van der Waals surface area contributed by atoms with Gasteiger partial charge in [0.15, 0.2) is 6.10 Å². The van der Waals surface area contributed by atoms with E-state index in [4.69, 9.17) is 32.8 Å². The number of imide groups is 1. The van der Waals surface area contributed by atoms with Gasteiger partial charge in [-0.15, -0.1) is 0 Å². The van der Waals surface area contributed by atoms with E-state index in [-0.39, 0.29) is 15.7 Å². The molecule has 2 fully saturated rings. The predicted octanol–water partition coefficient (Wildman–Crippen LogP) is 5.05. The summed E-state index contributed by atoms with van der Waals surface area (Å²) in [6, 6.07) is 21.0. The third-order valence-electron chi connectivity index (χ3n) is 5.74. The van der Waals surface area contributed by atoms with Crippen LogP contribution in [0.1, 0.15) is 11.6 Å². The van der Waals surface area contributed by atoms with Crippen molar-refractivity contribution in [1.29, 1.82) is 0 Å². The quantitative estimate of drug-likeness (QED) is 0.501. The molecule has 0 saturated carbocycles. The molecular weight excluding hydrogens is 451 g/mol. The molecule has 2 heterocycles. The second-order valence-corrected chi connectivity index (χ2v) is 8.30. The molecule has 3 aromatic carbocycles. The molecule has 0 N–H and O–H groups in total. The van der Waals surface area contributed by atoms with Crippen LogP contribution >= 0.6 is 23.2 Å². The Balaban J connectivity index is 1.64. The van der Waals surface area contributed by atoms with Gasteiger partial charge in [0.05, 0.1) is 34.6 Å². The first-order valence-electron chi connectivity index (χ1n) is 9.98. The van der Waals surface area contributed by atoms with Crippen LogP contribution in [0.5, 0.6) is 5.75 Å². The lowest BCUT2D eigenvalue weighted by Gasteiger charge is -2.29. The SMILES string of the molecule is COc1ccccc1[C@@H]1[C@H]2C(=O)N(c3c(Cl)cccc3Cl)C(=O)[C@H]2ON1c1ccccc1. The van der Waals surface area contributed by atoms with Gasteiger partial charge >= 0.3 is 0 Å². The zero-order valence-electron chi connectivity index (χ0n) is 16.9. The highest BCUT2D eigenvalue weighted by molar-refractivity contribution is 6.42. The smallest absolute Gasteiger partial charge is 0.266 e. The summed E-state index contributed by atoms with van der Waals surface area (Å²) < 4.78 is 5.57. The highest BCUT2D eigenvalue weighted by atomic mass is 35.5. The number of halogens is 2. The molecule has 0 unspecified atom stereocenters. The van der Waals surface area contributed by atoms with Crippen LogP contribution in [-0.2, 0) is 14.4 Å². The standard InChI is InChI=1S/C24H18Cl2N2O4/c1-31-18-13-6-5-10-15(18)20-19-22(32-28(20)14-8-3-2-4-9-14)24(30)27(23(19)29)21-16(25)11-7-12-17(21)26/h2-13,19-20,22H,1H3/t19-,20-,22+/m1/s1. The van der Waals surface area contributed by atoms with Crippen LogP contribution in [-0.4, -0.2) is 25.0 Å². The van der Waals surface area contributed by atoms with Gasteiger partial charge in [-0.25, -0.2) is 9.96 Å². The summed E-state index contributed by atoms with van der Waals surface area (Å²) in [5, 5.41) is 2.05. The number of para-hydroxylation sites is 3. The molecule has 2 aliphatic rings. The summed E-state index contributed by atoms with van der Waals surface area (Å²) in [5.41, 5.74) is 1.63. The number of carbonyl (C=O) groups excluding carboxylic acids is 2. The summed E-state index contributed by atoms with van der Waals surface area (Å²) in [6.45, 7) is 0. The van der Waals surface area contributed by atoms with Gasteiger partial charge in [0.2, 0.25) is 5.91 Å². The van der Waals surface area contributed by atoms with E-state index in [1.54, 1.807) is 30.4 Å². The lowest BCUT2D eigenvalue weighted by Crippen LogP contribution is -2.37. The normalized spacial score (nSPS) is 22.4. The number of amides is 2. The number of hydrogen-bond acceptors (Lipinski definition) is 5. The fourth-order valence-electron chi connectivity index (χ4n) is 4.36. The Morgan fingerprint density at radius 1 is 0.844 bits per heavy atom. The molecule has 3 aromatic rings. The largest absolute Gasteiger partial charge is 0.496 e. The van der Waals surface area contributed by atoms with Crippen LogP contribution in [0.3, 0.4) is 0 Å². The third kappa shape index (κ3) is 3.14. The number of hydroxylamine groups is 1. The van der Waals surface area contributed by atoms with Gasteiger partial charge in [0, 0.05) is 5.56 Å². The maximum Gasteiger partial charge on any atom is 0.266 e. The zero-order valence-corrected chi connectivity index (χ0v) is 18.5. The Hall–Kier alpha value is -3.06. The first-order chi connectivity index (χ1) is 15.5. The van der Waals surface area contributed by atoms with E-state index in [1.807, 2.05) is 54.6 Å². The van der Waals surface area contributed by atoms with E-state index < -0.39 is 29.9 Å². The summed E-state index contributed by atoms with van der Waals surface area (Å²) in [6.07, 6.45) is -1.02. The number of fused-ring (bicyclic) bond motifs is 1. The molecule has 0 aliphatic carbocycles. The lowest BCUT2D eigenvalue weighted by atomic mass is 9.90.